The minimum Gasteiger partial charge on any atom is -0.347 e. The number of carbonyl (C=O) groups is 1. The van der Waals surface area contributed by atoms with E-state index in [1.165, 1.54) is 28.6 Å². The van der Waals surface area contributed by atoms with Gasteiger partial charge in [-0.05, 0) is 31.5 Å². The van der Waals surface area contributed by atoms with Gasteiger partial charge in [0.15, 0.2) is 0 Å². The summed E-state index contributed by atoms with van der Waals surface area (Å²) < 4.78 is 0. The van der Waals surface area contributed by atoms with Crippen molar-refractivity contribution in [2.24, 2.45) is 0 Å². The summed E-state index contributed by atoms with van der Waals surface area (Å²) in [5.41, 5.74) is 1.13. The summed E-state index contributed by atoms with van der Waals surface area (Å²) in [6.07, 6.45) is 0. The number of aryl methyl sites for hydroxylation is 2. The molecule has 1 heterocycles. The van der Waals surface area contributed by atoms with Crippen LogP contribution in [0.3, 0.4) is 0 Å². The smallest absolute Gasteiger partial charge is 0.270 e. The Labute approximate surface area is 130 Å². The molecule has 21 heavy (non-hydrogen) atoms. The fourth-order valence-corrected chi connectivity index (χ4v) is 3.00. The summed E-state index contributed by atoms with van der Waals surface area (Å²) >= 11 is 7.53. The van der Waals surface area contributed by atoms with Gasteiger partial charge in [0, 0.05) is 21.9 Å². The number of nitro benzene ring substituents is 1. The Morgan fingerprint density at radius 1 is 1.38 bits per heavy atom. The van der Waals surface area contributed by atoms with Gasteiger partial charge >= 0.3 is 0 Å². The molecular weight excluding hydrogens is 312 g/mol. The molecule has 0 atom stereocenters. The molecule has 0 saturated carbocycles. The second kappa shape index (κ2) is 6.24. The van der Waals surface area contributed by atoms with E-state index in [4.69, 9.17) is 11.6 Å². The second-order valence-corrected chi connectivity index (χ2v) is 6.30. The Bertz CT molecular complexity index is 693. The van der Waals surface area contributed by atoms with Crippen molar-refractivity contribution >= 4 is 34.5 Å². The van der Waals surface area contributed by atoms with E-state index in [-0.39, 0.29) is 16.3 Å². The minimum absolute atomic E-state index is 0.107. The van der Waals surface area contributed by atoms with E-state index < -0.39 is 10.8 Å². The molecule has 5 nitrogen and oxygen atoms in total. The van der Waals surface area contributed by atoms with Crippen LogP contribution in [0.25, 0.3) is 0 Å². The van der Waals surface area contributed by atoms with Crippen LogP contribution in [0, 0.1) is 24.0 Å². The number of non-ortho nitro benzene ring substituents is 1. The number of nitrogens with zero attached hydrogens (tertiary/aromatic N) is 1. The maximum atomic E-state index is 12.1. The van der Waals surface area contributed by atoms with Gasteiger partial charge in [-0.25, -0.2) is 0 Å². The largest absolute Gasteiger partial charge is 0.347 e. The zero-order valence-electron chi connectivity index (χ0n) is 11.5. The molecule has 7 heteroatoms. The summed E-state index contributed by atoms with van der Waals surface area (Å²) in [6.45, 7) is 4.40. The molecule has 1 amide bonds. The average molecular weight is 325 g/mol. The van der Waals surface area contributed by atoms with Gasteiger partial charge in [0.25, 0.3) is 11.6 Å². The second-order valence-electron chi connectivity index (χ2n) is 4.56. The zero-order chi connectivity index (χ0) is 15.6. The lowest BCUT2D eigenvalue weighted by molar-refractivity contribution is -0.384. The first-order chi connectivity index (χ1) is 9.88. The van der Waals surface area contributed by atoms with Crippen molar-refractivity contribution in [3.63, 3.8) is 0 Å². The molecule has 0 unspecified atom stereocenters. The molecule has 0 radical (unpaired) electrons. The normalized spacial score (nSPS) is 10.4. The Hall–Kier alpha value is -1.92. The standard InChI is InChI=1S/C14H13ClN2O3S/c1-8-5-11(21-9(8)2)7-16-14(18)12-6-10(17(19)20)3-4-13(12)15/h3-6H,7H2,1-2H3,(H,16,18). The predicted molar refractivity (Wildman–Crippen MR) is 83.1 cm³/mol. The van der Waals surface area contributed by atoms with Gasteiger partial charge in [-0.1, -0.05) is 11.6 Å². The molecule has 1 aromatic heterocycles. The number of benzene rings is 1. The van der Waals surface area contributed by atoms with E-state index in [0.717, 1.165) is 4.88 Å². The number of carbonyl (C=O) groups excluding carboxylic acids is 1. The third-order valence-corrected chi connectivity index (χ3v) is 4.53. The van der Waals surface area contributed by atoms with Gasteiger partial charge in [0.1, 0.15) is 0 Å². The van der Waals surface area contributed by atoms with Crippen LogP contribution in [0.5, 0.6) is 0 Å². The quantitative estimate of drug-likeness (QED) is 0.685. The first kappa shape index (κ1) is 15.5. The van der Waals surface area contributed by atoms with E-state index in [1.807, 2.05) is 19.9 Å². The number of nitro groups is 1. The lowest BCUT2D eigenvalue weighted by atomic mass is 10.2. The Kier molecular flexibility index (Phi) is 4.59. The van der Waals surface area contributed by atoms with Crippen molar-refractivity contribution in [1.82, 2.24) is 5.32 Å². The first-order valence-corrected chi connectivity index (χ1v) is 7.36. The maximum Gasteiger partial charge on any atom is 0.270 e. The van der Waals surface area contributed by atoms with E-state index in [2.05, 4.69) is 5.32 Å². The SMILES string of the molecule is Cc1cc(CNC(=O)c2cc([N+](=O)[O-])ccc2Cl)sc1C. The van der Waals surface area contributed by atoms with Crippen LogP contribution >= 0.6 is 22.9 Å². The van der Waals surface area contributed by atoms with Crippen LogP contribution in [0.15, 0.2) is 24.3 Å². The first-order valence-electron chi connectivity index (χ1n) is 6.16. The molecule has 0 aliphatic rings. The highest BCUT2D eigenvalue weighted by molar-refractivity contribution is 7.12. The predicted octanol–water partition coefficient (Wildman–Crippen LogP) is 3.86. The molecule has 1 N–H and O–H groups in total. The van der Waals surface area contributed by atoms with Crippen LogP contribution < -0.4 is 5.32 Å². The van der Waals surface area contributed by atoms with Crippen LogP contribution in [0.4, 0.5) is 5.69 Å². The van der Waals surface area contributed by atoms with E-state index >= 15 is 0 Å². The molecule has 0 aliphatic heterocycles. The Balaban J connectivity index is 2.13. The van der Waals surface area contributed by atoms with Gasteiger partial charge in [-0.15, -0.1) is 11.3 Å². The molecule has 0 bridgehead atoms. The average Bonchev–Trinajstić information content (AvgIpc) is 2.75. The van der Waals surface area contributed by atoms with Crippen molar-refractivity contribution in [2.75, 3.05) is 0 Å². The summed E-state index contributed by atoms with van der Waals surface area (Å²) in [5, 5.41) is 13.7. The highest BCUT2D eigenvalue weighted by Crippen LogP contribution is 2.23. The number of hydrogen-bond donors (Lipinski definition) is 1. The van der Waals surface area contributed by atoms with Crippen LogP contribution in [0.2, 0.25) is 5.02 Å². The summed E-state index contributed by atoms with van der Waals surface area (Å²) in [7, 11) is 0. The van der Waals surface area contributed by atoms with Crippen LogP contribution in [-0.4, -0.2) is 10.8 Å². The van der Waals surface area contributed by atoms with Gasteiger partial charge in [-0.3, -0.25) is 14.9 Å². The van der Waals surface area contributed by atoms with Crippen molar-refractivity contribution in [1.29, 1.82) is 0 Å². The van der Waals surface area contributed by atoms with Gasteiger partial charge < -0.3 is 5.32 Å². The number of hydrogen-bond acceptors (Lipinski definition) is 4. The molecule has 0 spiro atoms. The number of thiophene rings is 1. The summed E-state index contributed by atoms with van der Waals surface area (Å²) in [5.74, 6) is -0.424. The van der Waals surface area contributed by atoms with Gasteiger partial charge in [0.2, 0.25) is 0 Å². The van der Waals surface area contributed by atoms with E-state index in [0.29, 0.717) is 6.54 Å². The highest BCUT2D eigenvalue weighted by Gasteiger charge is 2.16. The summed E-state index contributed by atoms with van der Waals surface area (Å²) in [4.78, 5) is 24.5. The lowest BCUT2D eigenvalue weighted by Gasteiger charge is -2.05. The fraction of sp³-hybridized carbons (Fsp3) is 0.214. The number of rotatable bonds is 4. The van der Waals surface area contributed by atoms with Crippen molar-refractivity contribution in [3.8, 4) is 0 Å². The monoisotopic (exact) mass is 324 g/mol. The zero-order valence-corrected chi connectivity index (χ0v) is 13.0. The molecule has 2 aromatic rings. The number of nitrogens with one attached hydrogen (secondary N) is 1. The molecule has 0 saturated heterocycles. The molecule has 110 valence electrons. The Morgan fingerprint density at radius 2 is 2.10 bits per heavy atom. The molecule has 1 aromatic carbocycles. The fourth-order valence-electron chi connectivity index (χ4n) is 1.80. The molecular formula is C14H13ClN2O3S. The number of amides is 1. The lowest BCUT2D eigenvalue weighted by Crippen LogP contribution is -2.22. The topological polar surface area (TPSA) is 72.2 Å². The van der Waals surface area contributed by atoms with Crippen molar-refractivity contribution in [2.45, 2.75) is 20.4 Å². The minimum atomic E-state index is -0.556. The van der Waals surface area contributed by atoms with Crippen molar-refractivity contribution < 1.29 is 9.72 Å². The van der Waals surface area contributed by atoms with Gasteiger partial charge in [-0.2, -0.15) is 0 Å². The molecule has 0 aliphatic carbocycles. The maximum absolute atomic E-state index is 12.1. The Morgan fingerprint density at radius 3 is 2.67 bits per heavy atom. The molecule has 2 rings (SSSR count). The molecule has 0 fully saturated rings. The van der Waals surface area contributed by atoms with Crippen LogP contribution in [0.1, 0.15) is 25.7 Å². The number of halogens is 1. The highest BCUT2D eigenvalue weighted by atomic mass is 35.5. The van der Waals surface area contributed by atoms with Crippen LogP contribution in [-0.2, 0) is 6.54 Å². The van der Waals surface area contributed by atoms with E-state index in [9.17, 15) is 14.9 Å². The van der Waals surface area contributed by atoms with E-state index in [1.54, 1.807) is 11.3 Å². The van der Waals surface area contributed by atoms with Crippen molar-refractivity contribution in [3.05, 3.63) is 60.3 Å². The summed E-state index contributed by atoms with van der Waals surface area (Å²) in [6, 6.07) is 5.82. The third-order valence-electron chi connectivity index (χ3n) is 3.05. The van der Waals surface area contributed by atoms with Gasteiger partial charge in [0.05, 0.1) is 22.1 Å². The third kappa shape index (κ3) is 3.59.